The lowest BCUT2D eigenvalue weighted by Gasteiger charge is -2.02. The van der Waals surface area contributed by atoms with Gasteiger partial charge in [-0.1, -0.05) is 11.8 Å². The topological polar surface area (TPSA) is 133 Å². The molecule has 0 aliphatic carbocycles. The highest BCUT2D eigenvalue weighted by Crippen LogP contribution is 2.16. The average molecular weight is 289 g/mol. The van der Waals surface area contributed by atoms with Gasteiger partial charge in [-0.05, 0) is 6.92 Å². The van der Waals surface area contributed by atoms with E-state index in [2.05, 4.69) is 25.5 Å². The SMILES string of the molecule is Cc1cc(NC(=O)CSc2ncc(C#N)c(N)n2)n[nH]1. The number of nitrogens with zero attached hydrogens (tertiary/aromatic N) is 4. The Morgan fingerprint density at radius 1 is 1.65 bits per heavy atom. The summed E-state index contributed by atoms with van der Waals surface area (Å²) in [6.45, 7) is 1.84. The lowest BCUT2D eigenvalue weighted by Crippen LogP contribution is -2.14. The van der Waals surface area contributed by atoms with E-state index in [-0.39, 0.29) is 23.0 Å². The molecule has 2 rings (SSSR count). The first kappa shape index (κ1) is 13.8. The Hall–Kier alpha value is -2.60. The Kier molecular flexibility index (Phi) is 4.17. The zero-order valence-corrected chi connectivity index (χ0v) is 11.4. The van der Waals surface area contributed by atoms with E-state index < -0.39 is 0 Å². The second kappa shape index (κ2) is 6.03. The van der Waals surface area contributed by atoms with E-state index in [1.54, 1.807) is 6.07 Å². The van der Waals surface area contributed by atoms with Crippen molar-refractivity contribution >= 4 is 29.3 Å². The minimum atomic E-state index is -0.229. The number of nitrogen functional groups attached to an aromatic ring is 1. The van der Waals surface area contributed by atoms with Gasteiger partial charge < -0.3 is 11.1 Å². The highest BCUT2D eigenvalue weighted by molar-refractivity contribution is 7.99. The second-order valence-electron chi connectivity index (χ2n) is 3.84. The summed E-state index contributed by atoms with van der Waals surface area (Å²) in [4.78, 5) is 19.6. The molecule has 102 valence electrons. The highest BCUT2D eigenvalue weighted by atomic mass is 32.2. The molecule has 1 amide bonds. The zero-order valence-electron chi connectivity index (χ0n) is 10.5. The number of thioether (sulfide) groups is 1. The lowest BCUT2D eigenvalue weighted by molar-refractivity contribution is -0.113. The average Bonchev–Trinajstić information content (AvgIpc) is 2.82. The van der Waals surface area contributed by atoms with Crippen LogP contribution in [-0.4, -0.2) is 31.8 Å². The number of hydrogen-bond donors (Lipinski definition) is 3. The number of nitrogens with one attached hydrogen (secondary N) is 2. The van der Waals surface area contributed by atoms with E-state index in [9.17, 15) is 4.79 Å². The quantitative estimate of drug-likeness (QED) is 0.557. The molecule has 0 atom stereocenters. The molecule has 2 heterocycles. The maximum atomic E-state index is 11.7. The maximum absolute atomic E-state index is 11.7. The van der Waals surface area contributed by atoms with Crippen LogP contribution in [0.25, 0.3) is 0 Å². The molecule has 0 aromatic carbocycles. The van der Waals surface area contributed by atoms with Crippen LogP contribution in [0.3, 0.4) is 0 Å². The third-order valence-electron chi connectivity index (χ3n) is 2.22. The predicted octanol–water partition coefficient (Wildman–Crippen LogP) is 0.693. The van der Waals surface area contributed by atoms with Crippen molar-refractivity contribution in [3.8, 4) is 6.07 Å². The van der Waals surface area contributed by atoms with E-state index in [1.165, 1.54) is 6.20 Å². The Balaban J connectivity index is 1.90. The summed E-state index contributed by atoms with van der Waals surface area (Å²) in [6.07, 6.45) is 1.33. The smallest absolute Gasteiger partial charge is 0.236 e. The summed E-state index contributed by atoms with van der Waals surface area (Å²) in [5.41, 5.74) is 6.63. The zero-order chi connectivity index (χ0) is 14.5. The predicted molar refractivity (Wildman–Crippen MR) is 73.8 cm³/mol. The number of H-pyrrole nitrogens is 1. The number of aromatic amines is 1. The molecule has 9 heteroatoms. The molecular formula is C11H11N7OS. The van der Waals surface area contributed by atoms with Gasteiger partial charge in [0, 0.05) is 11.8 Å². The number of carbonyl (C=O) groups excluding carboxylic acids is 1. The number of nitrogens with two attached hydrogens (primary N) is 1. The van der Waals surface area contributed by atoms with Gasteiger partial charge in [0.2, 0.25) is 5.91 Å². The molecule has 0 unspecified atom stereocenters. The van der Waals surface area contributed by atoms with Crippen LogP contribution in [-0.2, 0) is 4.79 Å². The molecule has 0 spiro atoms. The van der Waals surface area contributed by atoms with E-state index in [0.717, 1.165) is 17.5 Å². The number of amides is 1. The van der Waals surface area contributed by atoms with Crippen LogP contribution in [0.5, 0.6) is 0 Å². The molecule has 2 aromatic rings. The van der Waals surface area contributed by atoms with Crippen LogP contribution in [0.15, 0.2) is 17.4 Å². The minimum Gasteiger partial charge on any atom is -0.382 e. The normalized spacial score (nSPS) is 10.0. The largest absolute Gasteiger partial charge is 0.382 e. The fourth-order valence-electron chi connectivity index (χ4n) is 1.32. The fourth-order valence-corrected chi connectivity index (χ4v) is 1.95. The van der Waals surface area contributed by atoms with Gasteiger partial charge in [0.1, 0.15) is 17.5 Å². The Labute approximate surface area is 118 Å². The van der Waals surface area contributed by atoms with Gasteiger partial charge in [0.25, 0.3) is 0 Å². The van der Waals surface area contributed by atoms with Crippen molar-refractivity contribution < 1.29 is 4.79 Å². The summed E-state index contributed by atoms with van der Waals surface area (Å²) in [7, 11) is 0. The van der Waals surface area contributed by atoms with Crippen LogP contribution >= 0.6 is 11.8 Å². The Bertz CT molecular complexity index is 676. The molecule has 20 heavy (non-hydrogen) atoms. The summed E-state index contributed by atoms with van der Waals surface area (Å²) in [6, 6.07) is 3.59. The van der Waals surface area contributed by atoms with Crippen molar-refractivity contribution in [2.75, 3.05) is 16.8 Å². The van der Waals surface area contributed by atoms with Gasteiger partial charge in [-0.25, -0.2) is 9.97 Å². The standard InChI is InChI=1S/C11H11N7OS/c1-6-2-8(18-17-6)15-9(19)5-20-11-14-4-7(3-12)10(13)16-11/h2,4H,5H2,1H3,(H2,13,14,16)(H2,15,17,18,19). The van der Waals surface area contributed by atoms with Crippen molar-refractivity contribution in [3.63, 3.8) is 0 Å². The summed E-state index contributed by atoms with van der Waals surface area (Å²) in [5, 5.41) is 18.3. The molecule has 0 saturated heterocycles. The molecule has 0 fully saturated rings. The lowest BCUT2D eigenvalue weighted by atomic mass is 10.3. The Morgan fingerprint density at radius 2 is 2.45 bits per heavy atom. The number of hydrogen-bond acceptors (Lipinski definition) is 7. The molecule has 0 aliphatic rings. The number of rotatable bonds is 4. The number of anilines is 2. The fraction of sp³-hybridized carbons (Fsp3) is 0.182. The van der Waals surface area contributed by atoms with Crippen LogP contribution in [0.2, 0.25) is 0 Å². The monoisotopic (exact) mass is 289 g/mol. The van der Waals surface area contributed by atoms with Crippen molar-refractivity contribution in [2.45, 2.75) is 12.1 Å². The van der Waals surface area contributed by atoms with Crippen molar-refractivity contribution in [1.29, 1.82) is 5.26 Å². The first-order valence-electron chi connectivity index (χ1n) is 5.56. The number of carbonyl (C=O) groups is 1. The number of aromatic nitrogens is 4. The highest BCUT2D eigenvalue weighted by Gasteiger charge is 2.09. The summed E-state index contributed by atoms with van der Waals surface area (Å²) in [5.74, 6) is 0.465. The number of aryl methyl sites for hydroxylation is 1. The van der Waals surface area contributed by atoms with E-state index in [0.29, 0.717) is 11.0 Å². The molecule has 4 N–H and O–H groups in total. The third kappa shape index (κ3) is 3.46. The van der Waals surface area contributed by atoms with Crippen LogP contribution in [0, 0.1) is 18.3 Å². The second-order valence-corrected chi connectivity index (χ2v) is 4.78. The first-order valence-corrected chi connectivity index (χ1v) is 6.54. The molecule has 2 aromatic heterocycles. The van der Waals surface area contributed by atoms with Crippen molar-refractivity contribution in [3.05, 3.63) is 23.5 Å². The summed E-state index contributed by atoms with van der Waals surface area (Å²) < 4.78 is 0. The molecule has 0 bridgehead atoms. The molecule has 0 aliphatic heterocycles. The van der Waals surface area contributed by atoms with Crippen molar-refractivity contribution in [1.82, 2.24) is 20.2 Å². The molecule has 0 radical (unpaired) electrons. The molecule has 0 saturated carbocycles. The van der Waals surface area contributed by atoms with E-state index in [4.69, 9.17) is 11.0 Å². The van der Waals surface area contributed by atoms with Gasteiger partial charge in [0.15, 0.2) is 11.0 Å². The van der Waals surface area contributed by atoms with Gasteiger partial charge in [-0.15, -0.1) is 0 Å². The minimum absolute atomic E-state index is 0.105. The van der Waals surface area contributed by atoms with Crippen molar-refractivity contribution in [2.24, 2.45) is 0 Å². The van der Waals surface area contributed by atoms with Crippen LogP contribution < -0.4 is 11.1 Å². The van der Waals surface area contributed by atoms with Gasteiger partial charge in [0.05, 0.1) is 11.9 Å². The molecular weight excluding hydrogens is 278 g/mol. The summed E-state index contributed by atoms with van der Waals surface area (Å²) >= 11 is 1.13. The maximum Gasteiger partial charge on any atom is 0.236 e. The third-order valence-corrected chi connectivity index (χ3v) is 3.08. The first-order chi connectivity index (χ1) is 9.58. The van der Waals surface area contributed by atoms with E-state index in [1.807, 2.05) is 13.0 Å². The van der Waals surface area contributed by atoms with E-state index >= 15 is 0 Å². The Morgan fingerprint density at radius 3 is 3.05 bits per heavy atom. The van der Waals surface area contributed by atoms with Gasteiger partial charge >= 0.3 is 0 Å². The van der Waals surface area contributed by atoms with Crippen LogP contribution in [0.1, 0.15) is 11.3 Å². The molecule has 8 nitrogen and oxygen atoms in total. The van der Waals surface area contributed by atoms with Gasteiger partial charge in [-0.2, -0.15) is 10.4 Å². The number of nitriles is 1. The van der Waals surface area contributed by atoms with Crippen LogP contribution in [0.4, 0.5) is 11.6 Å². The van der Waals surface area contributed by atoms with Gasteiger partial charge in [-0.3, -0.25) is 9.89 Å².